The van der Waals surface area contributed by atoms with Crippen molar-refractivity contribution in [1.29, 1.82) is 0 Å². The summed E-state index contributed by atoms with van der Waals surface area (Å²) in [7, 11) is 3.21. The van der Waals surface area contributed by atoms with Gasteiger partial charge >= 0.3 is 0 Å². The lowest BCUT2D eigenvalue weighted by molar-refractivity contribution is 0.0950. The predicted molar refractivity (Wildman–Crippen MR) is 120 cm³/mol. The van der Waals surface area contributed by atoms with Crippen molar-refractivity contribution in [2.45, 2.75) is 19.4 Å². The van der Waals surface area contributed by atoms with E-state index < -0.39 is 0 Å². The van der Waals surface area contributed by atoms with E-state index in [4.69, 9.17) is 9.47 Å². The number of hydrogen-bond donors (Lipinski definition) is 1. The van der Waals surface area contributed by atoms with Crippen molar-refractivity contribution in [2.75, 3.05) is 32.2 Å². The van der Waals surface area contributed by atoms with Crippen LogP contribution in [0.5, 0.6) is 11.5 Å². The second kappa shape index (κ2) is 9.47. The zero-order chi connectivity index (χ0) is 21.6. The Hall–Kier alpha value is -3.61. The summed E-state index contributed by atoms with van der Waals surface area (Å²) in [5, 5.41) is 11.7. The Kier molecular flexibility index (Phi) is 6.31. The van der Waals surface area contributed by atoms with Crippen LogP contribution in [0.4, 0.5) is 5.82 Å². The van der Waals surface area contributed by atoms with Gasteiger partial charge in [-0.2, -0.15) is 0 Å². The van der Waals surface area contributed by atoms with Crippen molar-refractivity contribution in [3.05, 3.63) is 65.7 Å². The number of rotatable bonds is 7. The zero-order valence-corrected chi connectivity index (χ0v) is 17.8. The van der Waals surface area contributed by atoms with E-state index in [1.54, 1.807) is 26.4 Å². The van der Waals surface area contributed by atoms with Gasteiger partial charge in [0.25, 0.3) is 5.91 Å². The van der Waals surface area contributed by atoms with Crippen LogP contribution in [0.3, 0.4) is 0 Å². The number of nitrogens with one attached hydrogen (secondary N) is 1. The second-order valence-corrected chi connectivity index (χ2v) is 7.41. The number of methoxy groups -OCH3 is 2. The molecule has 160 valence electrons. The SMILES string of the molecule is COc1ccc(OC)c(CNC(=O)c2ccc(-c3ccc(N4CCCC4)nn3)cc2)c1. The molecule has 0 unspecified atom stereocenters. The zero-order valence-electron chi connectivity index (χ0n) is 17.8. The van der Waals surface area contributed by atoms with E-state index >= 15 is 0 Å². The van der Waals surface area contributed by atoms with E-state index in [2.05, 4.69) is 20.4 Å². The summed E-state index contributed by atoms with van der Waals surface area (Å²) in [6.45, 7) is 2.42. The van der Waals surface area contributed by atoms with E-state index in [-0.39, 0.29) is 5.91 Å². The molecular formula is C24H26N4O3. The molecule has 1 saturated heterocycles. The molecule has 7 nitrogen and oxygen atoms in total. The minimum absolute atomic E-state index is 0.160. The highest BCUT2D eigenvalue weighted by Crippen LogP contribution is 2.24. The van der Waals surface area contributed by atoms with Crippen molar-refractivity contribution in [1.82, 2.24) is 15.5 Å². The Bertz CT molecular complexity index is 1030. The number of ether oxygens (including phenoxy) is 2. The number of anilines is 1. The third-order valence-electron chi connectivity index (χ3n) is 5.45. The summed E-state index contributed by atoms with van der Waals surface area (Å²) >= 11 is 0. The molecule has 1 N–H and O–H groups in total. The van der Waals surface area contributed by atoms with Gasteiger partial charge in [0.05, 0.1) is 19.9 Å². The van der Waals surface area contributed by atoms with Gasteiger partial charge in [-0.25, -0.2) is 0 Å². The fraction of sp³-hybridized carbons (Fsp3) is 0.292. The van der Waals surface area contributed by atoms with Gasteiger partial charge in [0.1, 0.15) is 11.5 Å². The number of carbonyl (C=O) groups is 1. The number of aromatic nitrogens is 2. The Balaban J connectivity index is 1.40. The maximum absolute atomic E-state index is 12.6. The molecule has 0 bridgehead atoms. The number of carbonyl (C=O) groups excluding carboxylic acids is 1. The van der Waals surface area contributed by atoms with Crippen LogP contribution in [0.15, 0.2) is 54.6 Å². The monoisotopic (exact) mass is 418 g/mol. The largest absolute Gasteiger partial charge is 0.497 e. The Labute approximate surface area is 182 Å². The first kappa shape index (κ1) is 20.7. The molecule has 0 spiro atoms. The van der Waals surface area contributed by atoms with Crippen molar-refractivity contribution in [3.8, 4) is 22.8 Å². The van der Waals surface area contributed by atoms with Gasteiger partial charge in [-0.1, -0.05) is 12.1 Å². The summed E-state index contributed by atoms with van der Waals surface area (Å²) in [5.74, 6) is 2.18. The molecule has 1 amide bonds. The lowest BCUT2D eigenvalue weighted by atomic mass is 10.1. The third kappa shape index (κ3) is 4.77. The van der Waals surface area contributed by atoms with Crippen LogP contribution in [0.2, 0.25) is 0 Å². The average Bonchev–Trinajstić information content (AvgIpc) is 3.37. The number of hydrogen-bond acceptors (Lipinski definition) is 6. The molecule has 2 aromatic carbocycles. The topological polar surface area (TPSA) is 76.6 Å². The van der Waals surface area contributed by atoms with Crippen LogP contribution >= 0.6 is 0 Å². The van der Waals surface area contributed by atoms with Crippen LogP contribution in [-0.2, 0) is 6.54 Å². The summed E-state index contributed by atoms with van der Waals surface area (Å²) < 4.78 is 10.6. The average molecular weight is 418 g/mol. The molecule has 1 aromatic heterocycles. The minimum atomic E-state index is -0.160. The normalized spacial score (nSPS) is 13.2. The summed E-state index contributed by atoms with van der Waals surface area (Å²) in [6, 6.07) is 16.9. The molecular weight excluding hydrogens is 392 g/mol. The summed E-state index contributed by atoms with van der Waals surface area (Å²) in [4.78, 5) is 14.8. The molecule has 3 aromatic rings. The van der Waals surface area contributed by atoms with Gasteiger partial charge < -0.3 is 19.7 Å². The van der Waals surface area contributed by atoms with E-state index in [0.29, 0.717) is 23.6 Å². The van der Waals surface area contributed by atoms with E-state index in [1.165, 1.54) is 12.8 Å². The van der Waals surface area contributed by atoms with Crippen molar-refractivity contribution >= 4 is 11.7 Å². The van der Waals surface area contributed by atoms with Crippen LogP contribution < -0.4 is 19.7 Å². The molecule has 0 atom stereocenters. The highest BCUT2D eigenvalue weighted by molar-refractivity contribution is 5.94. The molecule has 0 saturated carbocycles. The maximum atomic E-state index is 12.6. The maximum Gasteiger partial charge on any atom is 0.251 e. The van der Waals surface area contributed by atoms with Crippen LogP contribution in [0.1, 0.15) is 28.8 Å². The molecule has 31 heavy (non-hydrogen) atoms. The molecule has 0 aliphatic carbocycles. The first-order valence-electron chi connectivity index (χ1n) is 10.4. The van der Waals surface area contributed by atoms with Gasteiger partial charge in [0, 0.05) is 36.3 Å². The molecule has 0 radical (unpaired) electrons. The van der Waals surface area contributed by atoms with Gasteiger partial charge in [0.2, 0.25) is 0 Å². The van der Waals surface area contributed by atoms with E-state index in [9.17, 15) is 4.79 Å². The quantitative estimate of drug-likeness (QED) is 0.631. The van der Waals surface area contributed by atoms with Gasteiger partial charge in [-0.3, -0.25) is 4.79 Å². The number of amides is 1. The fourth-order valence-electron chi connectivity index (χ4n) is 3.68. The number of benzene rings is 2. The standard InChI is InChI=1S/C24H26N4O3/c1-30-20-9-11-22(31-2)19(15-20)16-25-24(29)18-7-5-17(6-8-18)21-10-12-23(27-26-21)28-13-3-4-14-28/h5-12,15H,3-4,13-14,16H2,1-2H3,(H,25,29). The van der Waals surface area contributed by atoms with Gasteiger partial charge in [0.15, 0.2) is 5.82 Å². The molecule has 1 fully saturated rings. The predicted octanol–water partition coefficient (Wildman–Crippen LogP) is 3.69. The van der Waals surface area contributed by atoms with Crippen molar-refractivity contribution in [2.24, 2.45) is 0 Å². The Morgan fingerprint density at radius 2 is 1.74 bits per heavy atom. The smallest absolute Gasteiger partial charge is 0.251 e. The minimum Gasteiger partial charge on any atom is -0.497 e. The highest BCUT2D eigenvalue weighted by Gasteiger charge is 2.14. The van der Waals surface area contributed by atoms with E-state index in [1.807, 2.05) is 42.5 Å². The molecule has 2 heterocycles. The van der Waals surface area contributed by atoms with Crippen LogP contribution in [0, 0.1) is 0 Å². The lowest BCUT2D eigenvalue weighted by Gasteiger charge is -2.15. The summed E-state index contributed by atoms with van der Waals surface area (Å²) in [6.07, 6.45) is 2.41. The molecule has 1 aliphatic rings. The first-order valence-corrected chi connectivity index (χ1v) is 10.4. The number of nitrogens with zero attached hydrogens (tertiary/aromatic N) is 3. The first-order chi connectivity index (χ1) is 15.2. The van der Waals surface area contributed by atoms with Crippen molar-refractivity contribution in [3.63, 3.8) is 0 Å². The van der Waals surface area contributed by atoms with Gasteiger partial charge in [-0.15, -0.1) is 10.2 Å². The summed E-state index contributed by atoms with van der Waals surface area (Å²) in [5.41, 5.74) is 3.13. The molecule has 4 rings (SSSR count). The van der Waals surface area contributed by atoms with Crippen molar-refractivity contribution < 1.29 is 14.3 Å². The van der Waals surface area contributed by atoms with Crippen LogP contribution in [0.25, 0.3) is 11.3 Å². The lowest BCUT2D eigenvalue weighted by Crippen LogP contribution is -2.23. The highest BCUT2D eigenvalue weighted by atomic mass is 16.5. The molecule has 1 aliphatic heterocycles. The third-order valence-corrected chi connectivity index (χ3v) is 5.45. The fourth-order valence-corrected chi connectivity index (χ4v) is 3.68. The Morgan fingerprint density at radius 3 is 2.39 bits per heavy atom. The van der Waals surface area contributed by atoms with Crippen LogP contribution in [-0.4, -0.2) is 43.4 Å². The van der Waals surface area contributed by atoms with E-state index in [0.717, 1.165) is 35.7 Å². The molecule has 7 heteroatoms. The Morgan fingerprint density at radius 1 is 0.968 bits per heavy atom. The van der Waals surface area contributed by atoms with Gasteiger partial charge in [-0.05, 0) is 55.3 Å². The second-order valence-electron chi connectivity index (χ2n) is 7.41.